The largest absolute Gasteiger partial charge is 0.337 e. The molecule has 2 aromatic carbocycles. The highest BCUT2D eigenvalue weighted by molar-refractivity contribution is 5.98. The smallest absolute Gasteiger partial charge is 0.159 e. The van der Waals surface area contributed by atoms with Gasteiger partial charge in [0.2, 0.25) is 0 Å². The number of imidazole rings is 1. The van der Waals surface area contributed by atoms with Crippen molar-refractivity contribution in [1.29, 1.82) is 0 Å². The van der Waals surface area contributed by atoms with Gasteiger partial charge in [-0.15, -0.1) is 0 Å². The lowest BCUT2D eigenvalue weighted by Crippen LogP contribution is -2.10. The predicted octanol–water partition coefficient (Wildman–Crippen LogP) is 5.29. The third-order valence-corrected chi connectivity index (χ3v) is 5.90. The van der Waals surface area contributed by atoms with Crippen LogP contribution in [0.1, 0.15) is 5.56 Å². The third-order valence-electron chi connectivity index (χ3n) is 5.90. The molecule has 0 aliphatic rings. The van der Waals surface area contributed by atoms with Crippen molar-refractivity contribution in [2.24, 2.45) is 0 Å². The van der Waals surface area contributed by atoms with Crippen LogP contribution in [0.5, 0.6) is 0 Å². The van der Waals surface area contributed by atoms with E-state index in [0.717, 1.165) is 62.3 Å². The highest BCUT2D eigenvalue weighted by Gasteiger charge is 2.16. The van der Waals surface area contributed by atoms with E-state index in [9.17, 15) is 0 Å². The maximum absolute atomic E-state index is 4.95. The molecule has 0 bridgehead atoms. The standard InChI is InChI=1S/C27H23N7/c1-34(2)16-17-11-20(15-29-13-17)18-8-9-23-22(12-18)26(33-32-23)27-30-24-7-3-6-21(25(24)31-27)19-5-4-10-28-14-19/h3-15H,16H2,1-2H3,(H,30,31)(H,32,33). The molecule has 0 unspecified atom stereocenters. The Bertz CT molecular complexity index is 1610. The summed E-state index contributed by atoms with van der Waals surface area (Å²) in [5.74, 6) is 0.731. The van der Waals surface area contributed by atoms with E-state index in [1.54, 1.807) is 6.20 Å². The molecule has 0 fully saturated rings. The van der Waals surface area contributed by atoms with E-state index in [4.69, 9.17) is 4.98 Å². The molecule has 0 spiro atoms. The highest BCUT2D eigenvalue weighted by atomic mass is 15.1. The van der Waals surface area contributed by atoms with Crippen molar-refractivity contribution >= 4 is 21.9 Å². The number of hydrogen-bond acceptors (Lipinski definition) is 5. The summed E-state index contributed by atoms with van der Waals surface area (Å²) < 4.78 is 0. The minimum Gasteiger partial charge on any atom is -0.337 e. The molecule has 0 radical (unpaired) electrons. The first kappa shape index (κ1) is 20.3. The SMILES string of the molecule is CN(C)Cc1cncc(-c2ccc3[nH]nc(-c4nc5c(-c6cccnc6)cccc5[nH]4)c3c2)c1. The minimum atomic E-state index is 0.731. The molecule has 0 saturated carbocycles. The zero-order valence-corrected chi connectivity index (χ0v) is 18.9. The lowest BCUT2D eigenvalue weighted by molar-refractivity contribution is 0.402. The van der Waals surface area contributed by atoms with Gasteiger partial charge in [0.25, 0.3) is 0 Å². The van der Waals surface area contributed by atoms with E-state index >= 15 is 0 Å². The number of rotatable bonds is 5. The van der Waals surface area contributed by atoms with Crippen LogP contribution in [-0.4, -0.2) is 49.1 Å². The van der Waals surface area contributed by atoms with Crippen LogP contribution in [-0.2, 0) is 6.54 Å². The highest BCUT2D eigenvalue weighted by Crippen LogP contribution is 2.33. The van der Waals surface area contributed by atoms with Gasteiger partial charge >= 0.3 is 0 Å². The summed E-state index contributed by atoms with van der Waals surface area (Å²) in [6, 6.07) is 18.6. The zero-order chi connectivity index (χ0) is 23.1. The van der Waals surface area contributed by atoms with Crippen molar-refractivity contribution in [2.45, 2.75) is 6.54 Å². The molecule has 0 amide bonds. The van der Waals surface area contributed by atoms with Gasteiger partial charge in [-0.1, -0.05) is 24.3 Å². The molecule has 0 saturated heterocycles. The van der Waals surface area contributed by atoms with Gasteiger partial charge in [-0.05, 0) is 55.6 Å². The number of benzene rings is 2. The van der Waals surface area contributed by atoms with Crippen molar-refractivity contribution < 1.29 is 0 Å². The van der Waals surface area contributed by atoms with Crippen LogP contribution in [0.25, 0.3) is 55.7 Å². The van der Waals surface area contributed by atoms with Crippen molar-refractivity contribution in [3.63, 3.8) is 0 Å². The Morgan fingerprint density at radius 2 is 1.74 bits per heavy atom. The number of aromatic amines is 2. The van der Waals surface area contributed by atoms with Gasteiger partial charge in [0.05, 0.1) is 16.6 Å². The van der Waals surface area contributed by atoms with Crippen molar-refractivity contribution in [3.05, 3.63) is 84.9 Å². The quantitative estimate of drug-likeness (QED) is 0.376. The van der Waals surface area contributed by atoms with E-state index in [1.165, 1.54) is 5.56 Å². The Kier molecular flexibility index (Phi) is 4.89. The average Bonchev–Trinajstić information content (AvgIpc) is 3.48. The summed E-state index contributed by atoms with van der Waals surface area (Å²) in [6.07, 6.45) is 7.46. The average molecular weight is 446 g/mol. The van der Waals surface area contributed by atoms with E-state index < -0.39 is 0 Å². The molecule has 34 heavy (non-hydrogen) atoms. The van der Waals surface area contributed by atoms with Gasteiger partial charge in [-0.3, -0.25) is 15.1 Å². The Morgan fingerprint density at radius 1 is 0.824 bits per heavy atom. The normalized spacial score (nSPS) is 11.6. The number of aromatic nitrogens is 6. The lowest BCUT2D eigenvalue weighted by Gasteiger charge is -2.10. The molecule has 0 atom stereocenters. The first-order valence-corrected chi connectivity index (χ1v) is 11.1. The summed E-state index contributed by atoms with van der Waals surface area (Å²) >= 11 is 0. The molecule has 0 aliphatic heterocycles. The molecule has 4 aromatic heterocycles. The number of pyridine rings is 2. The summed E-state index contributed by atoms with van der Waals surface area (Å²) in [5, 5.41) is 8.76. The number of H-pyrrole nitrogens is 2. The lowest BCUT2D eigenvalue weighted by atomic mass is 10.0. The summed E-state index contributed by atoms with van der Waals surface area (Å²) in [5.41, 5.74) is 9.04. The Hall–Kier alpha value is -4.36. The van der Waals surface area contributed by atoms with Crippen molar-refractivity contribution in [3.8, 4) is 33.8 Å². The molecule has 7 nitrogen and oxygen atoms in total. The fourth-order valence-electron chi connectivity index (χ4n) is 4.37. The van der Waals surface area contributed by atoms with Gasteiger partial charge in [-0.25, -0.2) is 4.98 Å². The number of para-hydroxylation sites is 1. The van der Waals surface area contributed by atoms with Crippen LogP contribution in [0.3, 0.4) is 0 Å². The first-order valence-electron chi connectivity index (χ1n) is 11.1. The van der Waals surface area contributed by atoms with Gasteiger partial charge in [-0.2, -0.15) is 5.10 Å². The van der Waals surface area contributed by atoms with Crippen molar-refractivity contribution in [1.82, 2.24) is 35.0 Å². The van der Waals surface area contributed by atoms with Crippen LogP contribution in [0, 0.1) is 0 Å². The topological polar surface area (TPSA) is 86.4 Å². The molecular weight excluding hydrogens is 422 g/mol. The molecule has 4 heterocycles. The first-order chi connectivity index (χ1) is 16.7. The van der Waals surface area contributed by atoms with Crippen LogP contribution in [0.2, 0.25) is 0 Å². The Balaban J connectivity index is 1.45. The summed E-state index contributed by atoms with van der Waals surface area (Å²) in [4.78, 5) is 19.3. The van der Waals surface area contributed by atoms with Crippen molar-refractivity contribution in [2.75, 3.05) is 14.1 Å². The monoisotopic (exact) mass is 445 g/mol. The second-order valence-corrected chi connectivity index (χ2v) is 8.68. The summed E-state index contributed by atoms with van der Waals surface area (Å²) in [6.45, 7) is 0.846. The molecule has 2 N–H and O–H groups in total. The molecular formula is C27H23N7. The minimum absolute atomic E-state index is 0.731. The second kappa shape index (κ2) is 8.20. The number of hydrogen-bond donors (Lipinski definition) is 2. The fraction of sp³-hybridized carbons (Fsp3) is 0.111. The fourth-order valence-corrected chi connectivity index (χ4v) is 4.37. The van der Waals surface area contributed by atoms with E-state index in [-0.39, 0.29) is 0 Å². The maximum Gasteiger partial charge on any atom is 0.159 e. The van der Waals surface area contributed by atoms with E-state index in [2.05, 4.69) is 74.5 Å². The van der Waals surface area contributed by atoms with Gasteiger partial charge in [0.15, 0.2) is 5.82 Å². The van der Waals surface area contributed by atoms with Crippen LogP contribution < -0.4 is 0 Å². The van der Waals surface area contributed by atoms with Gasteiger partial charge < -0.3 is 9.88 Å². The number of nitrogens with one attached hydrogen (secondary N) is 2. The molecule has 6 rings (SSSR count). The Morgan fingerprint density at radius 3 is 2.59 bits per heavy atom. The van der Waals surface area contributed by atoms with E-state index in [0.29, 0.717) is 0 Å². The number of fused-ring (bicyclic) bond motifs is 2. The summed E-state index contributed by atoms with van der Waals surface area (Å²) in [7, 11) is 4.12. The number of nitrogens with zero attached hydrogens (tertiary/aromatic N) is 5. The molecule has 6 aromatic rings. The molecule has 7 heteroatoms. The van der Waals surface area contributed by atoms with Crippen LogP contribution in [0.4, 0.5) is 0 Å². The zero-order valence-electron chi connectivity index (χ0n) is 18.9. The second-order valence-electron chi connectivity index (χ2n) is 8.68. The maximum atomic E-state index is 4.95. The van der Waals surface area contributed by atoms with Crippen LogP contribution >= 0.6 is 0 Å². The molecule has 0 aliphatic carbocycles. The van der Waals surface area contributed by atoms with E-state index in [1.807, 2.05) is 42.9 Å². The Labute approximate surface area is 196 Å². The van der Waals surface area contributed by atoms with Gasteiger partial charge in [0.1, 0.15) is 5.69 Å². The molecule has 166 valence electrons. The predicted molar refractivity (Wildman–Crippen MR) is 135 cm³/mol. The van der Waals surface area contributed by atoms with Crippen LogP contribution in [0.15, 0.2) is 79.4 Å². The third kappa shape index (κ3) is 3.62. The van der Waals surface area contributed by atoms with Gasteiger partial charge in [0, 0.05) is 53.4 Å².